The van der Waals surface area contributed by atoms with Crippen molar-refractivity contribution in [1.82, 2.24) is 15.1 Å². The number of nitrogens with zero attached hydrogens (tertiary/aromatic N) is 4. The van der Waals surface area contributed by atoms with E-state index in [0.717, 1.165) is 65.3 Å². The Morgan fingerprint density at radius 2 is 1.56 bits per heavy atom. The number of anilines is 2. The number of hydrogen-bond acceptors (Lipinski definition) is 7. The number of carbonyl (C=O) groups excluding carboxylic acids is 1. The van der Waals surface area contributed by atoms with Crippen molar-refractivity contribution >= 4 is 28.2 Å². The van der Waals surface area contributed by atoms with Crippen LogP contribution in [-0.4, -0.2) is 67.9 Å². The fourth-order valence-electron chi connectivity index (χ4n) is 5.05. The zero-order valence-corrected chi connectivity index (χ0v) is 23.0. The van der Waals surface area contributed by atoms with Gasteiger partial charge in [0.15, 0.2) is 17.3 Å². The molecule has 0 unspecified atom stereocenters. The number of benzene rings is 3. The minimum Gasteiger partial charge on any atom is -0.493 e. The van der Waals surface area contributed by atoms with Crippen molar-refractivity contribution in [3.63, 3.8) is 0 Å². The van der Waals surface area contributed by atoms with E-state index in [0.29, 0.717) is 24.5 Å². The molecule has 0 bridgehead atoms. The molecule has 2 heterocycles. The summed E-state index contributed by atoms with van der Waals surface area (Å²) in [5, 5.41) is 14.4. The average Bonchev–Trinajstić information content (AvgIpc) is 2.95. The van der Waals surface area contributed by atoms with Gasteiger partial charge in [0.2, 0.25) is 5.91 Å². The van der Waals surface area contributed by atoms with E-state index in [4.69, 9.17) is 14.6 Å². The summed E-state index contributed by atoms with van der Waals surface area (Å²) in [4.78, 5) is 17.2. The van der Waals surface area contributed by atoms with Gasteiger partial charge in [0.25, 0.3) is 0 Å². The highest BCUT2D eigenvalue weighted by molar-refractivity contribution is 5.96. The molecule has 1 fully saturated rings. The topological polar surface area (TPSA) is 79.8 Å². The van der Waals surface area contributed by atoms with Crippen molar-refractivity contribution in [1.29, 1.82) is 0 Å². The SMILES string of the molecule is COc1cc2c(Cc3ccccc3)nnc(N3CCN(CC(=O)Nc4cc(C)ccc4C)CC3)c2cc1OC. The molecule has 202 valence electrons. The Bertz CT molecular complexity index is 1470. The molecular weight excluding hydrogens is 490 g/mol. The van der Waals surface area contributed by atoms with Crippen LogP contribution in [0.1, 0.15) is 22.4 Å². The van der Waals surface area contributed by atoms with E-state index < -0.39 is 0 Å². The van der Waals surface area contributed by atoms with Gasteiger partial charge in [-0.1, -0.05) is 42.5 Å². The Hall–Kier alpha value is -4.17. The van der Waals surface area contributed by atoms with Crippen molar-refractivity contribution in [2.24, 2.45) is 0 Å². The van der Waals surface area contributed by atoms with Gasteiger partial charge in [0.1, 0.15) is 0 Å². The molecule has 1 aliphatic heterocycles. The van der Waals surface area contributed by atoms with Gasteiger partial charge in [-0.3, -0.25) is 9.69 Å². The second-order valence-corrected chi connectivity index (χ2v) is 10.0. The first-order valence-corrected chi connectivity index (χ1v) is 13.2. The Labute approximate surface area is 229 Å². The van der Waals surface area contributed by atoms with Crippen LogP contribution < -0.4 is 19.7 Å². The Kier molecular flexibility index (Phi) is 7.93. The molecule has 0 radical (unpaired) electrons. The predicted molar refractivity (Wildman–Crippen MR) is 155 cm³/mol. The third-order valence-corrected chi connectivity index (χ3v) is 7.26. The van der Waals surface area contributed by atoms with Gasteiger partial charge in [0.05, 0.1) is 26.5 Å². The van der Waals surface area contributed by atoms with E-state index in [9.17, 15) is 4.79 Å². The number of rotatable bonds is 8. The van der Waals surface area contributed by atoms with Crippen LogP contribution in [0.15, 0.2) is 60.7 Å². The van der Waals surface area contributed by atoms with E-state index in [-0.39, 0.29) is 5.91 Å². The lowest BCUT2D eigenvalue weighted by Gasteiger charge is -2.35. The number of carbonyl (C=O) groups is 1. The lowest BCUT2D eigenvalue weighted by molar-refractivity contribution is -0.117. The summed E-state index contributed by atoms with van der Waals surface area (Å²) >= 11 is 0. The highest BCUT2D eigenvalue weighted by Crippen LogP contribution is 2.37. The van der Waals surface area contributed by atoms with Crippen LogP contribution in [0.4, 0.5) is 11.5 Å². The summed E-state index contributed by atoms with van der Waals surface area (Å²) < 4.78 is 11.2. The van der Waals surface area contributed by atoms with Crippen LogP contribution in [0.3, 0.4) is 0 Å². The third kappa shape index (κ3) is 5.96. The molecule has 8 nitrogen and oxygen atoms in total. The van der Waals surface area contributed by atoms with Gasteiger partial charge in [-0.15, -0.1) is 5.10 Å². The molecule has 8 heteroatoms. The van der Waals surface area contributed by atoms with Crippen LogP contribution in [0, 0.1) is 13.8 Å². The summed E-state index contributed by atoms with van der Waals surface area (Å²) in [7, 11) is 3.29. The molecule has 1 amide bonds. The fraction of sp³-hybridized carbons (Fsp3) is 0.323. The first kappa shape index (κ1) is 26.4. The first-order chi connectivity index (χ1) is 18.9. The van der Waals surface area contributed by atoms with Gasteiger partial charge in [-0.25, -0.2) is 0 Å². The lowest BCUT2D eigenvalue weighted by Crippen LogP contribution is -2.49. The van der Waals surface area contributed by atoms with Crippen LogP contribution >= 0.6 is 0 Å². The highest BCUT2D eigenvalue weighted by Gasteiger charge is 2.24. The Balaban J connectivity index is 1.34. The number of aromatic nitrogens is 2. The summed E-state index contributed by atoms with van der Waals surface area (Å²) in [5.74, 6) is 2.15. The smallest absolute Gasteiger partial charge is 0.238 e. The van der Waals surface area contributed by atoms with Gasteiger partial charge in [0, 0.05) is 49.1 Å². The van der Waals surface area contributed by atoms with E-state index in [1.165, 1.54) is 5.56 Å². The van der Waals surface area contributed by atoms with Crippen LogP contribution in [-0.2, 0) is 11.2 Å². The quantitative estimate of drug-likeness (QED) is 0.360. The van der Waals surface area contributed by atoms with Crippen molar-refractivity contribution in [3.8, 4) is 11.5 Å². The number of aryl methyl sites for hydroxylation is 2. The Morgan fingerprint density at radius 1 is 0.872 bits per heavy atom. The normalized spacial score (nSPS) is 13.9. The maximum atomic E-state index is 12.8. The van der Waals surface area contributed by atoms with Crippen molar-refractivity contribution in [2.75, 3.05) is 57.2 Å². The van der Waals surface area contributed by atoms with E-state index in [1.54, 1.807) is 14.2 Å². The minimum absolute atomic E-state index is 0.00416. The molecule has 3 aromatic carbocycles. The highest BCUT2D eigenvalue weighted by atomic mass is 16.5. The maximum absolute atomic E-state index is 12.8. The lowest BCUT2D eigenvalue weighted by atomic mass is 10.0. The second-order valence-electron chi connectivity index (χ2n) is 10.0. The van der Waals surface area contributed by atoms with Crippen molar-refractivity contribution in [3.05, 3.63) is 83.0 Å². The summed E-state index contributed by atoms with van der Waals surface area (Å²) in [6.07, 6.45) is 0.670. The minimum atomic E-state index is 0.00416. The third-order valence-electron chi connectivity index (χ3n) is 7.26. The zero-order chi connectivity index (χ0) is 27.4. The summed E-state index contributed by atoms with van der Waals surface area (Å²) in [6.45, 7) is 7.38. The molecule has 4 aromatic rings. The average molecular weight is 526 g/mol. The molecule has 0 atom stereocenters. The predicted octanol–water partition coefficient (Wildman–Crippen LogP) is 4.62. The van der Waals surface area contributed by atoms with Gasteiger partial charge >= 0.3 is 0 Å². The molecule has 0 aliphatic carbocycles. The molecular formula is C31H35N5O3. The van der Waals surface area contributed by atoms with Crippen molar-refractivity contribution < 1.29 is 14.3 Å². The molecule has 1 aromatic heterocycles. The molecule has 39 heavy (non-hydrogen) atoms. The molecule has 0 saturated carbocycles. The maximum Gasteiger partial charge on any atom is 0.238 e. The number of nitrogens with one attached hydrogen (secondary N) is 1. The van der Waals surface area contributed by atoms with Gasteiger partial charge in [-0.05, 0) is 48.7 Å². The molecule has 1 aliphatic rings. The van der Waals surface area contributed by atoms with Crippen LogP contribution in [0.5, 0.6) is 11.5 Å². The summed E-state index contributed by atoms with van der Waals surface area (Å²) in [6, 6.07) is 20.4. The molecule has 1 saturated heterocycles. The van der Waals surface area contributed by atoms with E-state index >= 15 is 0 Å². The monoisotopic (exact) mass is 525 g/mol. The molecule has 5 rings (SSSR count). The van der Waals surface area contributed by atoms with E-state index in [1.807, 2.05) is 56.3 Å². The molecule has 0 spiro atoms. The van der Waals surface area contributed by atoms with E-state index in [2.05, 4.69) is 38.4 Å². The number of amides is 1. The second kappa shape index (κ2) is 11.7. The molecule has 1 N–H and O–H groups in total. The fourth-order valence-corrected chi connectivity index (χ4v) is 5.05. The van der Waals surface area contributed by atoms with Crippen molar-refractivity contribution in [2.45, 2.75) is 20.3 Å². The number of hydrogen-bond donors (Lipinski definition) is 1. The largest absolute Gasteiger partial charge is 0.493 e. The zero-order valence-electron chi connectivity index (χ0n) is 23.0. The first-order valence-electron chi connectivity index (χ1n) is 13.2. The van der Waals surface area contributed by atoms with Crippen LogP contribution in [0.25, 0.3) is 10.8 Å². The van der Waals surface area contributed by atoms with Gasteiger partial charge < -0.3 is 19.7 Å². The standard InChI is InChI=1S/C31H35N5O3/c1-21-10-11-22(2)26(16-21)32-30(37)20-35-12-14-36(15-13-35)31-25-19-29(39-4)28(38-3)18-24(25)27(33-34-31)17-23-8-6-5-7-9-23/h5-11,16,18-19H,12-15,17,20H2,1-4H3,(H,32,37). The number of ether oxygens (including phenoxy) is 2. The number of methoxy groups -OCH3 is 2. The number of fused-ring (bicyclic) bond motifs is 1. The Morgan fingerprint density at radius 3 is 2.26 bits per heavy atom. The number of piperazine rings is 1. The van der Waals surface area contributed by atoms with Crippen LogP contribution in [0.2, 0.25) is 0 Å². The van der Waals surface area contributed by atoms with Gasteiger partial charge in [-0.2, -0.15) is 5.10 Å². The summed E-state index contributed by atoms with van der Waals surface area (Å²) in [5.41, 5.74) is 5.13.